The predicted molar refractivity (Wildman–Crippen MR) is 144 cm³/mol. The van der Waals surface area contributed by atoms with Crippen molar-refractivity contribution >= 4 is 23.1 Å². The molecule has 0 bridgehead atoms. The minimum absolute atomic E-state index is 0.221. The molecule has 2 aromatic carbocycles. The first kappa shape index (κ1) is 23.8. The van der Waals surface area contributed by atoms with Crippen LogP contribution in [0.1, 0.15) is 33.1 Å². The van der Waals surface area contributed by atoms with Gasteiger partial charge in [-0.2, -0.15) is 5.10 Å². The molecule has 4 N–H and O–H groups in total. The average molecular weight is 494 g/mol. The SMILES string of the molecule is Cc1cc(C)n(-c2cc(NCc3ccc(C(=O)Nc4ccccc4N)cc3)nc(-c3ccc(C)o3)n2)n1. The summed E-state index contributed by atoms with van der Waals surface area (Å²) < 4.78 is 7.56. The predicted octanol–water partition coefficient (Wildman–Crippen LogP) is 5.29. The summed E-state index contributed by atoms with van der Waals surface area (Å²) in [5, 5.41) is 10.8. The maximum atomic E-state index is 12.6. The van der Waals surface area contributed by atoms with E-state index in [2.05, 4.69) is 20.7 Å². The number of anilines is 3. The highest BCUT2D eigenvalue weighted by atomic mass is 16.3. The minimum atomic E-state index is -0.221. The summed E-state index contributed by atoms with van der Waals surface area (Å²) >= 11 is 0. The molecule has 9 heteroatoms. The molecule has 1 amide bonds. The normalized spacial score (nSPS) is 10.9. The lowest BCUT2D eigenvalue weighted by Gasteiger charge is -2.11. The van der Waals surface area contributed by atoms with E-state index in [1.54, 1.807) is 28.9 Å². The van der Waals surface area contributed by atoms with Crippen molar-refractivity contribution in [3.63, 3.8) is 0 Å². The Balaban J connectivity index is 1.34. The van der Waals surface area contributed by atoms with E-state index < -0.39 is 0 Å². The van der Waals surface area contributed by atoms with Crippen molar-refractivity contribution in [2.75, 3.05) is 16.4 Å². The van der Waals surface area contributed by atoms with Gasteiger partial charge in [-0.3, -0.25) is 4.79 Å². The Morgan fingerprint density at radius 1 is 0.973 bits per heavy atom. The van der Waals surface area contributed by atoms with Gasteiger partial charge in [-0.05, 0) is 68.8 Å². The molecule has 0 unspecified atom stereocenters. The zero-order valence-electron chi connectivity index (χ0n) is 20.8. The number of nitrogens with one attached hydrogen (secondary N) is 2. The fraction of sp³-hybridized carbons (Fsp3) is 0.143. The Bertz CT molecular complexity index is 1570. The van der Waals surface area contributed by atoms with Crippen molar-refractivity contribution in [1.29, 1.82) is 0 Å². The number of rotatable bonds is 7. The third-order valence-electron chi connectivity index (χ3n) is 5.80. The smallest absolute Gasteiger partial charge is 0.255 e. The zero-order chi connectivity index (χ0) is 25.9. The number of hydrogen-bond acceptors (Lipinski definition) is 7. The second-order valence-corrected chi connectivity index (χ2v) is 8.78. The second kappa shape index (κ2) is 9.98. The molecule has 0 radical (unpaired) electrons. The number of hydrogen-bond donors (Lipinski definition) is 3. The number of furan rings is 1. The van der Waals surface area contributed by atoms with E-state index in [0.717, 1.165) is 22.7 Å². The maximum Gasteiger partial charge on any atom is 0.255 e. The van der Waals surface area contributed by atoms with Crippen LogP contribution in [-0.4, -0.2) is 25.7 Å². The highest BCUT2D eigenvalue weighted by molar-refractivity contribution is 6.05. The molecular weight excluding hydrogens is 466 g/mol. The zero-order valence-corrected chi connectivity index (χ0v) is 20.8. The number of nitrogens with two attached hydrogens (primary N) is 1. The van der Waals surface area contributed by atoms with Gasteiger partial charge in [-0.1, -0.05) is 24.3 Å². The molecule has 3 heterocycles. The Kier molecular flexibility index (Phi) is 6.42. The summed E-state index contributed by atoms with van der Waals surface area (Å²) in [6.07, 6.45) is 0. The summed E-state index contributed by atoms with van der Waals surface area (Å²) in [4.78, 5) is 22.0. The van der Waals surface area contributed by atoms with Crippen molar-refractivity contribution in [2.45, 2.75) is 27.3 Å². The number of carbonyl (C=O) groups is 1. The van der Waals surface area contributed by atoms with Crippen molar-refractivity contribution < 1.29 is 9.21 Å². The lowest BCUT2D eigenvalue weighted by atomic mass is 10.1. The van der Waals surface area contributed by atoms with Gasteiger partial charge in [0.25, 0.3) is 5.91 Å². The Hall–Kier alpha value is -4.92. The standard InChI is InChI=1S/C28H27N7O2/c1-17-14-18(2)35(34-17)26-15-25(32-27(33-26)24-13-8-19(3)37-24)30-16-20-9-11-21(12-10-20)28(36)31-23-7-5-4-6-22(23)29/h4-15H,16,29H2,1-3H3,(H,31,36)(H,30,32,33). The topological polar surface area (TPSA) is 124 Å². The molecule has 0 aliphatic carbocycles. The molecule has 0 aliphatic rings. The van der Waals surface area contributed by atoms with Crippen LogP contribution in [0.5, 0.6) is 0 Å². The Labute approximate surface area is 214 Å². The number of nitrogen functional groups attached to an aromatic ring is 1. The summed E-state index contributed by atoms with van der Waals surface area (Å²) in [7, 11) is 0. The first-order valence-electron chi connectivity index (χ1n) is 11.8. The van der Waals surface area contributed by atoms with Gasteiger partial charge in [0.05, 0.1) is 17.1 Å². The summed E-state index contributed by atoms with van der Waals surface area (Å²) in [6.45, 7) is 6.30. The van der Waals surface area contributed by atoms with Crippen LogP contribution >= 0.6 is 0 Å². The van der Waals surface area contributed by atoms with Gasteiger partial charge in [-0.15, -0.1) is 0 Å². The Morgan fingerprint density at radius 2 is 1.76 bits per heavy atom. The van der Waals surface area contributed by atoms with E-state index in [-0.39, 0.29) is 5.91 Å². The molecule has 0 fully saturated rings. The van der Waals surface area contributed by atoms with E-state index >= 15 is 0 Å². The van der Waals surface area contributed by atoms with E-state index in [1.165, 1.54) is 0 Å². The fourth-order valence-corrected chi connectivity index (χ4v) is 3.93. The molecule has 3 aromatic heterocycles. The van der Waals surface area contributed by atoms with Crippen molar-refractivity contribution in [2.24, 2.45) is 0 Å². The van der Waals surface area contributed by atoms with Gasteiger partial charge in [0.2, 0.25) is 0 Å². The summed E-state index contributed by atoms with van der Waals surface area (Å²) in [6, 6.07) is 22.1. The molecule has 186 valence electrons. The molecule has 0 aliphatic heterocycles. The van der Waals surface area contributed by atoms with E-state index in [4.69, 9.17) is 15.1 Å². The molecule has 0 atom stereocenters. The van der Waals surface area contributed by atoms with Crippen LogP contribution in [0.25, 0.3) is 17.4 Å². The van der Waals surface area contributed by atoms with E-state index in [9.17, 15) is 4.79 Å². The fourth-order valence-electron chi connectivity index (χ4n) is 3.93. The van der Waals surface area contributed by atoms with Crippen molar-refractivity contribution in [1.82, 2.24) is 19.7 Å². The molecule has 0 saturated carbocycles. The van der Waals surface area contributed by atoms with E-state index in [0.29, 0.717) is 46.7 Å². The number of benzene rings is 2. The number of amides is 1. The first-order chi connectivity index (χ1) is 17.9. The number of nitrogens with zero attached hydrogens (tertiary/aromatic N) is 4. The third-order valence-corrected chi connectivity index (χ3v) is 5.80. The Morgan fingerprint density at radius 3 is 2.43 bits per heavy atom. The molecule has 0 saturated heterocycles. The van der Waals surface area contributed by atoms with Gasteiger partial charge in [0, 0.05) is 23.9 Å². The van der Waals surface area contributed by atoms with Crippen LogP contribution in [-0.2, 0) is 6.54 Å². The number of aromatic nitrogens is 4. The van der Waals surface area contributed by atoms with Gasteiger partial charge >= 0.3 is 0 Å². The van der Waals surface area contributed by atoms with Crippen LogP contribution < -0.4 is 16.4 Å². The van der Waals surface area contributed by atoms with Crippen LogP contribution in [0.4, 0.5) is 17.2 Å². The van der Waals surface area contributed by atoms with Gasteiger partial charge in [0.1, 0.15) is 11.6 Å². The molecule has 0 spiro atoms. The highest BCUT2D eigenvalue weighted by Gasteiger charge is 2.14. The lowest BCUT2D eigenvalue weighted by Crippen LogP contribution is -2.13. The molecule has 9 nitrogen and oxygen atoms in total. The second-order valence-electron chi connectivity index (χ2n) is 8.78. The number of carbonyl (C=O) groups excluding carboxylic acids is 1. The lowest BCUT2D eigenvalue weighted by molar-refractivity contribution is 0.102. The van der Waals surface area contributed by atoms with Gasteiger partial charge in [0.15, 0.2) is 17.4 Å². The quantitative estimate of drug-likeness (QED) is 0.263. The first-order valence-corrected chi connectivity index (χ1v) is 11.8. The van der Waals surface area contributed by atoms with Crippen molar-refractivity contribution in [3.8, 4) is 17.4 Å². The molecular formula is C28H27N7O2. The third kappa shape index (κ3) is 5.35. The van der Waals surface area contributed by atoms with Crippen LogP contribution in [0.15, 0.2) is 77.2 Å². The molecule has 37 heavy (non-hydrogen) atoms. The number of aryl methyl sites for hydroxylation is 3. The van der Waals surface area contributed by atoms with Crippen LogP contribution in [0.3, 0.4) is 0 Å². The van der Waals surface area contributed by atoms with Crippen molar-refractivity contribution in [3.05, 3.63) is 101 Å². The summed E-state index contributed by atoms with van der Waals surface area (Å²) in [5.74, 6) is 2.87. The summed E-state index contributed by atoms with van der Waals surface area (Å²) in [5.41, 5.74) is 10.4. The van der Waals surface area contributed by atoms with Crippen LogP contribution in [0.2, 0.25) is 0 Å². The molecule has 5 rings (SSSR count). The van der Waals surface area contributed by atoms with Gasteiger partial charge in [-0.25, -0.2) is 14.6 Å². The average Bonchev–Trinajstić information content (AvgIpc) is 3.48. The maximum absolute atomic E-state index is 12.6. The largest absolute Gasteiger partial charge is 0.458 e. The van der Waals surface area contributed by atoms with Gasteiger partial charge < -0.3 is 20.8 Å². The number of para-hydroxylation sites is 2. The molecule has 5 aromatic rings. The minimum Gasteiger partial charge on any atom is -0.458 e. The highest BCUT2D eigenvalue weighted by Crippen LogP contribution is 2.23. The van der Waals surface area contributed by atoms with Crippen LogP contribution in [0, 0.1) is 20.8 Å². The van der Waals surface area contributed by atoms with E-state index in [1.807, 2.05) is 69.3 Å². The monoisotopic (exact) mass is 493 g/mol.